The fourth-order valence-electron chi connectivity index (χ4n) is 5.01. The Morgan fingerprint density at radius 3 is 2.21 bits per heavy atom. The van der Waals surface area contributed by atoms with Crippen molar-refractivity contribution < 1.29 is 14.3 Å². The SMILES string of the molecule is CN1CCc2nc3ccccc3c(C(=O)OCC(=O)n3c4ccccc4c4ccccc43)c2C1. The average Bonchev–Trinajstić information content (AvgIpc) is 3.20. The maximum atomic E-state index is 13.4. The van der Waals surface area contributed by atoms with Crippen LogP contribution in [-0.2, 0) is 17.7 Å². The second-order valence-corrected chi connectivity index (χ2v) is 8.76. The molecule has 0 N–H and O–H groups in total. The Morgan fingerprint density at radius 2 is 1.50 bits per heavy atom. The van der Waals surface area contributed by atoms with Gasteiger partial charge in [-0.15, -0.1) is 0 Å². The number of esters is 1. The topological polar surface area (TPSA) is 64.4 Å². The van der Waals surface area contributed by atoms with E-state index < -0.39 is 5.97 Å². The van der Waals surface area contributed by atoms with Crippen LogP contribution in [-0.4, -0.2) is 46.5 Å². The summed E-state index contributed by atoms with van der Waals surface area (Å²) in [5.41, 5.74) is 4.71. The van der Waals surface area contributed by atoms with E-state index in [0.717, 1.165) is 56.9 Å². The van der Waals surface area contributed by atoms with Crippen LogP contribution in [0, 0.1) is 0 Å². The molecule has 3 heterocycles. The normalized spacial score (nSPS) is 13.9. The molecular weight excluding hydrogens is 426 g/mol. The van der Waals surface area contributed by atoms with E-state index in [9.17, 15) is 9.59 Å². The molecule has 2 aromatic heterocycles. The summed E-state index contributed by atoms with van der Waals surface area (Å²) in [5.74, 6) is -0.769. The van der Waals surface area contributed by atoms with Gasteiger partial charge in [-0.05, 0) is 25.2 Å². The van der Waals surface area contributed by atoms with Gasteiger partial charge in [-0.1, -0.05) is 54.6 Å². The first-order valence-corrected chi connectivity index (χ1v) is 11.4. The molecule has 0 saturated carbocycles. The number of aromatic nitrogens is 2. The van der Waals surface area contributed by atoms with Gasteiger partial charge < -0.3 is 9.64 Å². The average molecular weight is 450 g/mol. The molecule has 0 unspecified atom stereocenters. The van der Waals surface area contributed by atoms with Crippen molar-refractivity contribution in [2.24, 2.45) is 0 Å². The number of carbonyl (C=O) groups is 2. The summed E-state index contributed by atoms with van der Waals surface area (Å²) in [7, 11) is 2.03. The Kier molecular flexibility index (Phi) is 4.89. The number of nitrogens with zero attached hydrogens (tertiary/aromatic N) is 3. The summed E-state index contributed by atoms with van der Waals surface area (Å²) in [5, 5.41) is 2.75. The van der Waals surface area contributed by atoms with Gasteiger partial charge in [0.25, 0.3) is 5.91 Å². The van der Waals surface area contributed by atoms with Crippen LogP contribution in [0.5, 0.6) is 0 Å². The van der Waals surface area contributed by atoms with E-state index in [1.807, 2.05) is 79.8 Å². The molecule has 5 aromatic rings. The van der Waals surface area contributed by atoms with Crippen molar-refractivity contribution in [2.45, 2.75) is 13.0 Å². The van der Waals surface area contributed by atoms with Crippen LogP contribution in [0.4, 0.5) is 0 Å². The number of ether oxygens (including phenoxy) is 1. The summed E-state index contributed by atoms with van der Waals surface area (Å²) < 4.78 is 7.31. The van der Waals surface area contributed by atoms with Gasteiger partial charge in [0.2, 0.25) is 0 Å². The maximum absolute atomic E-state index is 13.4. The number of para-hydroxylation sites is 3. The van der Waals surface area contributed by atoms with E-state index in [1.54, 1.807) is 4.57 Å². The highest BCUT2D eigenvalue weighted by molar-refractivity contribution is 6.14. The molecule has 6 heteroatoms. The van der Waals surface area contributed by atoms with E-state index in [2.05, 4.69) is 4.90 Å². The monoisotopic (exact) mass is 449 g/mol. The minimum absolute atomic E-state index is 0.282. The lowest BCUT2D eigenvalue weighted by Gasteiger charge is -2.26. The molecule has 168 valence electrons. The number of carbonyl (C=O) groups excluding carboxylic acids is 2. The second-order valence-electron chi connectivity index (χ2n) is 8.76. The number of pyridine rings is 1. The van der Waals surface area contributed by atoms with Crippen LogP contribution in [0.3, 0.4) is 0 Å². The molecule has 6 nitrogen and oxygen atoms in total. The Bertz CT molecular complexity index is 1550. The maximum Gasteiger partial charge on any atom is 0.339 e. The Hall–Kier alpha value is -4.03. The van der Waals surface area contributed by atoms with Crippen LogP contribution in [0.25, 0.3) is 32.7 Å². The van der Waals surface area contributed by atoms with E-state index in [4.69, 9.17) is 9.72 Å². The zero-order valence-electron chi connectivity index (χ0n) is 18.8. The number of hydrogen-bond donors (Lipinski definition) is 0. The van der Waals surface area contributed by atoms with Gasteiger partial charge in [-0.2, -0.15) is 0 Å². The molecular formula is C28H23N3O3. The zero-order chi connectivity index (χ0) is 23.2. The van der Waals surface area contributed by atoms with Crippen molar-refractivity contribution in [3.63, 3.8) is 0 Å². The lowest BCUT2D eigenvalue weighted by molar-refractivity contribution is 0.0451. The molecule has 34 heavy (non-hydrogen) atoms. The van der Waals surface area contributed by atoms with Crippen molar-refractivity contribution in [1.82, 2.24) is 14.5 Å². The van der Waals surface area contributed by atoms with Crippen molar-refractivity contribution in [2.75, 3.05) is 20.2 Å². The fourth-order valence-corrected chi connectivity index (χ4v) is 5.01. The highest BCUT2D eigenvalue weighted by Crippen LogP contribution is 2.30. The quantitative estimate of drug-likeness (QED) is 0.369. The molecule has 1 aliphatic heterocycles. The minimum Gasteiger partial charge on any atom is -0.452 e. The third-order valence-corrected chi connectivity index (χ3v) is 6.60. The summed E-state index contributed by atoms with van der Waals surface area (Å²) in [6.45, 7) is 1.17. The molecule has 3 aromatic carbocycles. The van der Waals surface area contributed by atoms with E-state index in [1.165, 1.54) is 0 Å². The lowest BCUT2D eigenvalue weighted by atomic mass is 9.96. The van der Waals surface area contributed by atoms with Gasteiger partial charge in [-0.3, -0.25) is 14.3 Å². The predicted molar refractivity (Wildman–Crippen MR) is 132 cm³/mol. The molecule has 0 spiro atoms. The van der Waals surface area contributed by atoms with Crippen LogP contribution >= 0.6 is 0 Å². The van der Waals surface area contributed by atoms with Gasteiger partial charge >= 0.3 is 5.97 Å². The van der Waals surface area contributed by atoms with Gasteiger partial charge in [-0.25, -0.2) is 4.79 Å². The minimum atomic E-state index is -0.487. The molecule has 0 atom stereocenters. The Labute approximate surface area is 196 Å². The molecule has 0 amide bonds. The fraction of sp³-hybridized carbons (Fsp3) is 0.179. The number of hydrogen-bond acceptors (Lipinski definition) is 5. The first kappa shape index (κ1) is 20.6. The first-order chi connectivity index (χ1) is 16.6. The highest BCUT2D eigenvalue weighted by Gasteiger charge is 2.26. The molecule has 0 bridgehead atoms. The summed E-state index contributed by atoms with van der Waals surface area (Å²) in [6.07, 6.45) is 0.775. The number of fused-ring (bicyclic) bond motifs is 5. The molecule has 6 rings (SSSR count). The highest BCUT2D eigenvalue weighted by atomic mass is 16.5. The first-order valence-electron chi connectivity index (χ1n) is 11.4. The van der Waals surface area contributed by atoms with Crippen LogP contribution in [0.2, 0.25) is 0 Å². The Morgan fingerprint density at radius 1 is 0.882 bits per heavy atom. The Balaban J connectivity index is 1.37. The van der Waals surface area contributed by atoms with E-state index in [-0.39, 0.29) is 12.5 Å². The van der Waals surface area contributed by atoms with Gasteiger partial charge in [0.15, 0.2) is 6.61 Å². The molecule has 0 radical (unpaired) electrons. The van der Waals surface area contributed by atoms with Crippen molar-refractivity contribution >= 4 is 44.6 Å². The van der Waals surface area contributed by atoms with E-state index in [0.29, 0.717) is 12.1 Å². The van der Waals surface area contributed by atoms with Gasteiger partial charge in [0, 0.05) is 46.9 Å². The second kappa shape index (κ2) is 8.08. The predicted octanol–water partition coefficient (Wildman–Crippen LogP) is 4.83. The zero-order valence-corrected chi connectivity index (χ0v) is 18.8. The lowest BCUT2D eigenvalue weighted by Crippen LogP contribution is -2.30. The van der Waals surface area contributed by atoms with Crippen LogP contribution in [0.15, 0.2) is 72.8 Å². The van der Waals surface area contributed by atoms with Crippen LogP contribution < -0.4 is 0 Å². The number of likely N-dealkylation sites (N-methyl/N-ethyl adjacent to an activating group) is 1. The molecule has 0 saturated heterocycles. The standard InChI is InChI=1S/C28H23N3O3/c1-30-15-14-23-21(16-30)27(20-10-2-5-11-22(20)29-23)28(33)34-17-26(32)31-24-12-6-3-8-18(24)19-9-4-7-13-25(19)31/h2-13H,14-17H2,1H3. The van der Waals surface area contributed by atoms with E-state index >= 15 is 0 Å². The largest absolute Gasteiger partial charge is 0.452 e. The number of rotatable bonds is 3. The molecule has 0 aliphatic carbocycles. The van der Waals surface area contributed by atoms with Gasteiger partial charge in [0.1, 0.15) is 0 Å². The van der Waals surface area contributed by atoms with Crippen molar-refractivity contribution in [3.05, 3.63) is 89.6 Å². The third kappa shape index (κ3) is 3.26. The molecule has 0 fully saturated rings. The van der Waals surface area contributed by atoms with Crippen molar-refractivity contribution in [3.8, 4) is 0 Å². The third-order valence-electron chi connectivity index (χ3n) is 6.60. The molecule has 1 aliphatic rings. The van der Waals surface area contributed by atoms with Crippen molar-refractivity contribution in [1.29, 1.82) is 0 Å². The smallest absolute Gasteiger partial charge is 0.339 e. The summed E-state index contributed by atoms with van der Waals surface area (Å²) >= 11 is 0. The summed E-state index contributed by atoms with van der Waals surface area (Å²) in [4.78, 5) is 33.7. The number of benzene rings is 3. The van der Waals surface area contributed by atoms with Gasteiger partial charge in [0.05, 0.1) is 22.1 Å². The summed E-state index contributed by atoms with van der Waals surface area (Å²) in [6, 6.07) is 23.2. The van der Waals surface area contributed by atoms with Crippen LogP contribution in [0.1, 0.15) is 26.4 Å².